The number of hydrogen-bond acceptors (Lipinski definition) is 4. The van der Waals surface area contributed by atoms with Crippen LogP contribution in [0.3, 0.4) is 0 Å². The van der Waals surface area contributed by atoms with E-state index in [9.17, 15) is 0 Å². The fourth-order valence-corrected chi connectivity index (χ4v) is 2.16. The first-order valence-electron chi connectivity index (χ1n) is 7.52. The Hall–Kier alpha value is -1.32. The van der Waals surface area contributed by atoms with Crippen LogP contribution in [0.15, 0.2) is 6.33 Å². The predicted molar refractivity (Wildman–Crippen MR) is 82.7 cm³/mol. The third-order valence-corrected chi connectivity index (χ3v) is 3.53. The van der Waals surface area contributed by atoms with E-state index >= 15 is 0 Å². The average Bonchev–Trinajstić information content (AvgIpc) is 2.43. The topological polar surface area (TPSA) is 49.8 Å². The molecule has 1 aromatic rings. The Morgan fingerprint density at radius 1 is 1.11 bits per heavy atom. The zero-order valence-electron chi connectivity index (χ0n) is 12.8. The van der Waals surface area contributed by atoms with Gasteiger partial charge in [-0.25, -0.2) is 9.97 Å². The summed E-state index contributed by atoms with van der Waals surface area (Å²) in [5.74, 6) is 2.62. The van der Waals surface area contributed by atoms with Gasteiger partial charge in [-0.3, -0.25) is 0 Å². The third-order valence-electron chi connectivity index (χ3n) is 3.53. The summed E-state index contributed by atoms with van der Waals surface area (Å²) in [7, 11) is 0. The summed E-state index contributed by atoms with van der Waals surface area (Å²) >= 11 is 0. The van der Waals surface area contributed by atoms with Gasteiger partial charge in [-0.15, -0.1) is 0 Å². The highest BCUT2D eigenvalue weighted by atomic mass is 15.1. The number of nitrogens with one attached hydrogen (secondary N) is 2. The van der Waals surface area contributed by atoms with Crippen LogP contribution in [0.25, 0.3) is 0 Å². The van der Waals surface area contributed by atoms with Crippen LogP contribution in [-0.2, 0) is 0 Å². The fraction of sp³-hybridized carbons (Fsp3) is 0.733. The van der Waals surface area contributed by atoms with E-state index in [0.29, 0.717) is 0 Å². The van der Waals surface area contributed by atoms with Gasteiger partial charge in [0.2, 0.25) is 0 Å². The van der Waals surface area contributed by atoms with Crippen LogP contribution in [0.5, 0.6) is 0 Å². The van der Waals surface area contributed by atoms with E-state index in [0.717, 1.165) is 36.2 Å². The van der Waals surface area contributed by atoms with Gasteiger partial charge in [-0.1, -0.05) is 33.1 Å². The molecular formula is C15H28N4. The van der Waals surface area contributed by atoms with E-state index in [1.165, 1.54) is 25.7 Å². The summed E-state index contributed by atoms with van der Waals surface area (Å²) in [6, 6.07) is 0. The smallest absolute Gasteiger partial charge is 0.134 e. The molecule has 0 aliphatic rings. The molecule has 108 valence electrons. The molecule has 1 rings (SSSR count). The minimum absolute atomic E-state index is 0.733. The van der Waals surface area contributed by atoms with Gasteiger partial charge in [0.05, 0.1) is 0 Å². The van der Waals surface area contributed by atoms with E-state index in [-0.39, 0.29) is 0 Å². The first-order valence-corrected chi connectivity index (χ1v) is 7.52. The van der Waals surface area contributed by atoms with Crippen molar-refractivity contribution in [3.05, 3.63) is 11.9 Å². The maximum Gasteiger partial charge on any atom is 0.134 e. The van der Waals surface area contributed by atoms with Crippen LogP contribution in [0.4, 0.5) is 11.6 Å². The molecule has 0 aromatic carbocycles. The van der Waals surface area contributed by atoms with E-state index in [1.54, 1.807) is 6.33 Å². The maximum atomic E-state index is 4.35. The third kappa shape index (κ3) is 5.05. The molecular weight excluding hydrogens is 236 g/mol. The van der Waals surface area contributed by atoms with Gasteiger partial charge in [0.25, 0.3) is 0 Å². The molecule has 0 spiro atoms. The number of rotatable bonds is 9. The molecule has 0 aliphatic heterocycles. The zero-order chi connectivity index (χ0) is 14.1. The van der Waals surface area contributed by atoms with Gasteiger partial charge in [-0.05, 0) is 26.2 Å². The number of anilines is 2. The largest absolute Gasteiger partial charge is 0.370 e. The molecule has 0 fully saturated rings. The molecule has 4 heteroatoms. The lowest BCUT2D eigenvalue weighted by molar-refractivity contribution is 0.472. The van der Waals surface area contributed by atoms with E-state index in [2.05, 4.69) is 48.3 Å². The molecule has 0 saturated carbocycles. The van der Waals surface area contributed by atoms with Crippen molar-refractivity contribution >= 4 is 11.6 Å². The molecule has 1 atom stereocenters. The van der Waals surface area contributed by atoms with Crippen molar-refractivity contribution in [3.8, 4) is 0 Å². The summed E-state index contributed by atoms with van der Waals surface area (Å²) in [6.07, 6.45) is 6.72. The first-order chi connectivity index (χ1) is 9.22. The highest BCUT2D eigenvalue weighted by Crippen LogP contribution is 2.19. The minimum Gasteiger partial charge on any atom is -0.370 e. The summed E-state index contributed by atoms with van der Waals surface area (Å²) in [5.41, 5.74) is 1.11. The highest BCUT2D eigenvalue weighted by Gasteiger charge is 2.09. The molecule has 0 amide bonds. The van der Waals surface area contributed by atoms with Crippen molar-refractivity contribution in [1.29, 1.82) is 0 Å². The first kappa shape index (κ1) is 15.7. The summed E-state index contributed by atoms with van der Waals surface area (Å²) in [5, 5.41) is 6.74. The Kier molecular flexibility index (Phi) is 7.23. The van der Waals surface area contributed by atoms with Crippen LogP contribution in [0, 0.1) is 12.8 Å². The van der Waals surface area contributed by atoms with Gasteiger partial charge < -0.3 is 10.6 Å². The number of nitrogens with zero attached hydrogens (tertiary/aromatic N) is 2. The van der Waals surface area contributed by atoms with Crippen molar-refractivity contribution < 1.29 is 0 Å². The maximum absolute atomic E-state index is 4.35. The average molecular weight is 264 g/mol. The van der Waals surface area contributed by atoms with Gasteiger partial charge in [0.15, 0.2) is 0 Å². The lowest BCUT2D eigenvalue weighted by Gasteiger charge is -2.17. The molecule has 0 bridgehead atoms. The lowest BCUT2D eigenvalue weighted by atomic mass is 9.99. The van der Waals surface area contributed by atoms with Crippen LogP contribution < -0.4 is 10.6 Å². The van der Waals surface area contributed by atoms with Crippen molar-refractivity contribution in [1.82, 2.24) is 9.97 Å². The van der Waals surface area contributed by atoms with Crippen LogP contribution in [0.2, 0.25) is 0 Å². The second-order valence-corrected chi connectivity index (χ2v) is 5.02. The van der Waals surface area contributed by atoms with Crippen molar-refractivity contribution in [2.24, 2.45) is 5.92 Å². The highest BCUT2D eigenvalue weighted by molar-refractivity contribution is 5.56. The predicted octanol–water partition coefficient (Wildman–Crippen LogP) is 3.85. The monoisotopic (exact) mass is 264 g/mol. The van der Waals surface area contributed by atoms with Gasteiger partial charge in [-0.2, -0.15) is 0 Å². The Balaban J connectivity index is 2.58. The Bertz CT molecular complexity index is 365. The molecule has 0 saturated heterocycles. The summed E-state index contributed by atoms with van der Waals surface area (Å²) in [6.45, 7) is 10.5. The Morgan fingerprint density at radius 3 is 2.37 bits per heavy atom. The van der Waals surface area contributed by atoms with Crippen molar-refractivity contribution in [3.63, 3.8) is 0 Å². The standard InChI is InChI=1S/C15H28N4/c1-5-8-9-13(6-2)10-17-15-12(4)14(16-7-3)18-11-19-15/h11,13H,5-10H2,1-4H3,(H2,16,17,18,19). The SMILES string of the molecule is CCCCC(CC)CNc1ncnc(NCC)c1C. The Labute approximate surface area is 117 Å². The molecule has 0 aliphatic carbocycles. The Morgan fingerprint density at radius 2 is 1.79 bits per heavy atom. The summed E-state index contributed by atoms with van der Waals surface area (Å²) < 4.78 is 0. The van der Waals surface area contributed by atoms with Gasteiger partial charge in [0, 0.05) is 18.7 Å². The second kappa shape index (κ2) is 8.73. The van der Waals surface area contributed by atoms with Crippen molar-refractivity contribution in [2.45, 2.75) is 53.4 Å². The number of hydrogen-bond donors (Lipinski definition) is 2. The molecule has 0 radical (unpaired) electrons. The second-order valence-electron chi connectivity index (χ2n) is 5.02. The van der Waals surface area contributed by atoms with Gasteiger partial charge in [0.1, 0.15) is 18.0 Å². The molecule has 4 nitrogen and oxygen atoms in total. The van der Waals surface area contributed by atoms with E-state index in [1.807, 2.05) is 0 Å². The normalized spacial score (nSPS) is 12.2. The fourth-order valence-electron chi connectivity index (χ4n) is 2.16. The van der Waals surface area contributed by atoms with E-state index < -0.39 is 0 Å². The molecule has 1 heterocycles. The molecule has 1 aromatic heterocycles. The minimum atomic E-state index is 0.733. The van der Waals surface area contributed by atoms with Crippen molar-refractivity contribution in [2.75, 3.05) is 23.7 Å². The lowest BCUT2D eigenvalue weighted by Crippen LogP contribution is -2.16. The number of unbranched alkanes of at least 4 members (excludes halogenated alkanes) is 1. The summed E-state index contributed by atoms with van der Waals surface area (Å²) in [4.78, 5) is 8.61. The van der Waals surface area contributed by atoms with Gasteiger partial charge >= 0.3 is 0 Å². The van der Waals surface area contributed by atoms with Crippen LogP contribution >= 0.6 is 0 Å². The number of aromatic nitrogens is 2. The van der Waals surface area contributed by atoms with E-state index in [4.69, 9.17) is 0 Å². The molecule has 19 heavy (non-hydrogen) atoms. The molecule has 2 N–H and O–H groups in total. The van der Waals surface area contributed by atoms with Crippen LogP contribution in [0.1, 0.15) is 52.0 Å². The molecule has 1 unspecified atom stereocenters. The quantitative estimate of drug-likeness (QED) is 0.711. The van der Waals surface area contributed by atoms with Crippen LogP contribution in [-0.4, -0.2) is 23.1 Å². The zero-order valence-corrected chi connectivity index (χ0v) is 12.8.